The highest BCUT2D eigenvalue weighted by Crippen LogP contribution is 2.32. The van der Waals surface area contributed by atoms with Crippen LogP contribution in [0.1, 0.15) is 25.0 Å². The molecule has 0 bridgehead atoms. The molecule has 1 amide bonds. The van der Waals surface area contributed by atoms with Gasteiger partial charge in [0.15, 0.2) is 5.84 Å². The monoisotopic (exact) mass is 456 g/mol. The molecular weight excluding hydrogens is 439 g/mol. The van der Waals surface area contributed by atoms with Crippen LogP contribution in [-0.2, 0) is 11.4 Å². The number of nitrogens with zero attached hydrogens (tertiary/aromatic N) is 3. The molecule has 0 fully saturated rings. The summed E-state index contributed by atoms with van der Waals surface area (Å²) in [6.07, 6.45) is 1.53. The summed E-state index contributed by atoms with van der Waals surface area (Å²) in [6.45, 7) is 4.18. The number of hydrazone groups is 1. The number of thioether (sulfide) groups is 1. The number of hydrogen-bond donors (Lipinski definition) is 1. The van der Waals surface area contributed by atoms with Crippen LogP contribution >= 0.6 is 23.4 Å². The summed E-state index contributed by atoms with van der Waals surface area (Å²) in [5.41, 5.74) is 1.41. The number of amidine groups is 2. The molecule has 0 spiro atoms. The molecule has 2 aliphatic rings. The first-order valence-electron chi connectivity index (χ1n) is 9.48. The number of rotatable bonds is 5. The van der Waals surface area contributed by atoms with Gasteiger partial charge in [0.05, 0.1) is 5.57 Å². The van der Waals surface area contributed by atoms with Gasteiger partial charge in [-0.25, -0.2) is 4.39 Å². The molecule has 9 heteroatoms. The van der Waals surface area contributed by atoms with Crippen molar-refractivity contribution in [2.75, 3.05) is 0 Å². The highest BCUT2D eigenvalue weighted by molar-refractivity contribution is 8.27. The van der Waals surface area contributed by atoms with Crippen LogP contribution in [0.5, 0.6) is 5.75 Å². The smallest absolute Gasteiger partial charge is 0.283 e. The first kappa shape index (κ1) is 21.3. The summed E-state index contributed by atoms with van der Waals surface area (Å²) >= 11 is 7.45. The molecule has 0 aromatic heterocycles. The van der Waals surface area contributed by atoms with E-state index in [0.717, 1.165) is 10.6 Å². The summed E-state index contributed by atoms with van der Waals surface area (Å²) in [4.78, 5) is 16.7. The standard InChI is InChI=1S/C22H18ClFN4O2S/c1-12(2)21-27-28-19(25)17(20(29)26-22(28)31-21)10-14-9-15(23)5-8-18(14)30-11-13-3-6-16(24)7-4-13/h3-10,12,25H,11H2,1-2H3. The van der Waals surface area contributed by atoms with Crippen LogP contribution < -0.4 is 4.74 Å². The SMILES string of the molecule is CC(C)C1=NN2C(=N)C(=Cc3cc(Cl)ccc3OCc3ccc(F)cc3)C(=O)N=C2S1. The van der Waals surface area contributed by atoms with Gasteiger partial charge >= 0.3 is 0 Å². The lowest BCUT2D eigenvalue weighted by Gasteiger charge is -2.20. The maximum atomic E-state index is 13.1. The molecule has 0 aliphatic carbocycles. The average Bonchev–Trinajstić information content (AvgIpc) is 3.16. The Labute approximate surface area is 188 Å². The number of fused-ring (bicyclic) bond motifs is 1. The molecule has 2 aliphatic heterocycles. The molecule has 2 heterocycles. The Morgan fingerprint density at radius 2 is 2.00 bits per heavy atom. The van der Waals surface area contributed by atoms with Gasteiger partial charge in [0.25, 0.3) is 5.91 Å². The van der Waals surface area contributed by atoms with Gasteiger partial charge < -0.3 is 4.74 Å². The third-order valence-electron chi connectivity index (χ3n) is 4.54. The second-order valence-electron chi connectivity index (χ2n) is 7.21. The number of carbonyl (C=O) groups excluding carboxylic acids is 1. The first-order chi connectivity index (χ1) is 14.8. The Morgan fingerprint density at radius 3 is 2.71 bits per heavy atom. The summed E-state index contributed by atoms with van der Waals surface area (Å²) in [7, 11) is 0. The number of nitrogens with one attached hydrogen (secondary N) is 1. The van der Waals surface area contributed by atoms with E-state index in [4.69, 9.17) is 21.7 Å². The normalized spacial score (nSPS) is 17.2. The molecule has 0 saturated carbocycles. The van der Waals surface area contributed by atoms with Gasteiger partial charge in [-0.05, 0) is 53.7 Å². The van der Waals surface area contributed by atoms with Gasteiger partial charge in [-0.1, -0.05) is 37.6 Å². The molecule has 0 unspecified atom stereocenters. The van der Waals surface area contributed by atoms with Crippen molar-refractivity contribution in [2.24, 2.45) is 16.0 Å². The zero-order valence-corrected chi connectivity index (χ0v) is 18.3. The first-order valence-corrected chi connectivity index (χ1v) is 10.7. The maximum Gasteiger partial charge on any atom is 0.283 e. The number of ether oxygens (including phenoxy) is 1. The summed E-state index contributed by atoms with van der Waals surface area (Å²) in [6, 6.07) is 11.0. The second-order valence-corrected chi connectivity index (χ2v) is 8.63. The number of amides is 1. The predicted octanol–water partition coefficient (Wildman–Crippen LogP) is 5.33. The van der Waals surface area contributed by atoms with Gasteiger partial charge in [0.1, 0.15) is 23.2 Å². The lowest BCUT2D eigenvalue weighted by Crippen LogP contribution is -2.35. The van der Waals surface area contributed by atoms with E-state index in [-0.39, 0.29) is 29.8 Å². The van der Waals surface area contributed by atoms with E-state index in [9.17, 15) is 9.18 Å². The quantitative estimate of drug-likeness (QED) is 0.616. The third-order valence-corrected chi connectivity index (χ3v) is 5.99. The second kappa shape index (κ2) is 8.64. The van der Waals surface area contributed by atoms with Crippen molar-refractivity contribution in [3.05, 3.63) is 70.0 Å². The molecule has 2 aromatic carbocycles. The average molecular weight is 457 g/mol. The molecule has 31 heavy (non-hydrogen) atoms. The van der Waals surface area contributed by atoms with Crippen LogP contribution in [0.15, 0.2) is 58.1 Å². The van der Waals surface area contributed by atoms with E-state index in [0.29, 0.717) is 21.5 Å². The van der Waals surface area contributed by atoms with Crippen molar-refractivity contribution < 1.29 is 13.9 Å². The Bertz CT molecular complexity index is 1160. The van der Waals surface area contributed by atoms with Crippen molar-refractivity contribution in [1.29, 1.82) is 5.41 Å². The Hall–Kier alpha value is -2.97. The minimum absolute atomic E-state index is 0.0531. The zero-order chi connectivity index (χ0) is 22.1. The fourth-order valence-corrected chi connectivity index (χ4v) is 3.97. The van der Waals surface area contributed by atoms with Crippen LogP contribution in [0.3, 0.4) is 0 Å². The summed E-state index contributed by atoms with van der Waals surface area (Å²) < 4.78 is 19.0. The lowest BCUT2D eigenvalue weighted by molar-refractivity contribution is -0.114. The van der Waals surface area contributed by atoms with E-state index in [1.165, 1.54) is 35.0 Å². The number of hydrogen-bond acceptors (Lipinski definition) is 5. The van der Waals surface area contributed by atoms with Crippen molar-refractivity contribution in [2.45, 2.75) is 20.5 Å². The molecule has 158 valence electrons. The van der Waals surface area contributed by atoms with Crippen molar-refractivity contribution in [3.63, 3.8) is 0 Å². The number of aliphatic imine (C=N–C) groups is 1. The predicted molar refractivity (Wildman–Crippen MR) is 122 cm³/mol. The van der Waals surface area contributed by atoms with Crippen molar-refractivity contribution >= 4 is 51.4 Å². The topological polar surface area (TPSA) is 78.1 Å². The number of benzene rings is 2. The molecule has 4 rings (SSSR count). The number of halogens is 2. The highest BCUT2D eigenvalue weighted by Gasteiger charge is 2.36. The Kier molecular flexibility index (Phi) is 5.93. The minimum atomic E-state index is -0.520. The Morgan fingerprint density at radius 1 is 1.26 bits per heavy atom. The van der Waals surface area contributed by atoms with E-state index in [1.807, 2.05) is 13.8 Å². The van der Waals surface area contributed by atoms with E-state index in [2.05, 4.69) is 10.1 Å². The van der Waals surface area contributed by atoms with Gasteiger partial charge in [-0.2, -0.15) is 15.1 Å². The van der Waals surface area contributed by atoms with Gasteiger partial charge in [-0.15, -0.1) is 0 Å². The number of carbonyl (C=O) groups is 1. The van der Waals surface area contributed by atoms with Crippen LogP contribution in [0.25, 0.3) is 6.08 Å². The Balaban J connectivity index is 1.63. The summed E-state index contributed by atoms with van der Waals surface area (Å²) in [5.74, 6) is -0.263. The van der Waals surface area contributed by atoms with Gasteiger partial charge in [0.2, 0.25) is 5.17 Å². The van der Waals surface area contributed by atoms with Crippen molar-refractivity contribution in [3.8, 4) is 5.75 Å². The molecule has 6 nitrogen and oxygen atoms in total. The van der Waals surface area contributed by atoms with Gasteiger partial charge in [-0.3, -0.25) is 10.2 Å². The molecule has 0 radical (unpaired) electrons. The molecule has 1 N–H and O–H groups in total. The van der Waals surface area contributed by atoms with E-state index < -0.39 is 5.91 Å². The largest absolute Gasteiger partial charge is 0.488 e. The van der Waals surface area contributed by atoms with Crippen molar-refractivity contribution in [1.82, 2.24) is 5.01 Å². The maximum absolute atomic E-state index is 13.1. The van der Waals surface area contributed by atoms with E-state index in [1.54, 1.807) is 30.3 Å². The molecule has 2 aromatic rings. The van der Waals surface area contributed by atoms with E-state index >= 15 is 0 Å². The fraction of sp³-hybridized carbons (Fsp3) is 0.182. The zero-order valence-electron chi connectivity index (χ0n) is 16.7. The van der Waals surface area contributed by atoms with Crippen LogP contribution in [0.2, 0.25) is 5.02 Å². The third kappa shape index (κ3) is 4.55. The van der Waals surface area contributed by atoms with Crippen LogP contribution in [0, 0.1) is 17.1 Å². The molecular formula is C22H18ClFN4O2S. The minimum Gasteiger partial charge on any atom is -0.488 e. The highest BCUT2D eigenvalue weighted by atomic mass is 35.5. The molecule has 0 saturated heterocycles. The fourth-order valence-electron chi connectivity index (χ4n) is 2.90. The van der Waals surface area contributed by atoms with Gasteiger partial charge in [0, 0.05) is 16.5 Å². The lowest BCUT2D eigenvalue weighted by atomic mass is 10.1. The summed E-state index contributed by atoms with van der Waals surface area (Å²) in [5, 5.41) is 15.9. The molecule has 0 atom stereocenters. The van der Waals surface area contributed by atoms with Crippen LogP contribution in [0.4, 0.5) is 4.39 Å². The van der Waals surface area contributed by atoms with Crippen LogP contribution in [-0.4, -0.2) is 27.0 Å².